The monoisotopic (exact) mass is 620 g/mol. The SMILES string of the molecule is COc1ccccc1N1CCN(C(=O)Nc2n[nH]c(Cc3ccccc3)n2)CC1.O=C(O)C(F)(F)F.O=C(O)C(F)(F)F. The fraction of sp³-hybridized carbons (Fsp3) is 0.320. The number of rotatable bonds is 5. The lowest BCUT2D eigenvalue weighted by Gasteiger charge is -2.36. The van der Waals surface area contributed by atoms with E-state index in [2.05, 4.69) is 25.4 Å². The van der Waals surface area contributed by atoms with Gasteiger partial charge in [0.2, 0.25) is 5.95 Å². The number of amides is 2. The molecule has 0 spiro atoms. The lowest BCUT2D eigenvalue weighted by molar-refractivity contribution is -0.193. The molecule has 1 aliphatic heterocycles. The molecular formula is C25H26F6N6O6. The molecule has 1 fully saturated rings. The van der Waals surface area contributed by atoms with E-state index in [1.54, 1.807) is 12.0 Å². The number of para-hydroxylation sites is 2. The molecule has 0 bridgehead atoms. The molecule has 1 aromatic heterocycles. The highest BCUT2D eigenvalue weighted by Gasteiger charge is 2.38. The smallest absolute Gasteiger partial charge is 0.490 e. The summed E-state index contributed by atoms with van der Waals surface area (Å²) in [6.07, 6.45) is -9.53. The van der Waals surface area contributed by atoms with E-state index in [1.807, 2.05) is 54.6 Å². The number of nitrogens with one attached hydrogen (secondary N) is 2. The Bertz CT molecular complexity index is 1320. The van der Waals surface area contributed by atoms with Crippen LogP contribution < -0.4 is 15.0 Å². The van der Waals surface area contributed by atoms with Gasteiger partial charge >= 0.3 is 30.3 Å². The van der Waals surface area contributed by atoms with Gasteiger partial charge in [-0.3, -0.25) is 10.4 Å². The molecule has 0 atom stereocenters. The first kappa shape index (κ1) is 34.2. The number of alkyl halides is 6. The lowest BCUT2D eigenvalue weighted by atomic mass is 10.1. The second-order valence-electron chi connectivity index (χ2n) is 8.45. The number of H-pyrrole nitrogens is 1. The van der Waals surface area contributed by atoms with Crippen molar-refractivity contribution >= 4 is 29.6 Å². The van der Waals surface area contributed by atoms with Crippen molar-refractivity contribution in [2.75, 3.05) is 43.5 Å². The quantitative estimate of drug-likeness (QED) is 0.309. The number of aliphatic carboxylic acids is 2. The van der Waals surface area contributed by atoms with Gasteiger partial charge < -0.3 is 24.7 Å². The maximum atomic E-state index is 12.6. The number of methoxy groups -OCH3 is 1. The zero-order valence-electron chi connectivity index (χ0n) is 22.3. The number of hydrogen-bond donors (Lipinski definition) is 4. The van der Waals surface area contributed by atoms with Crippen LogP contribution in [0.2, 0.25) is 0 Å². The van der Waals surface area contributed by atoms with Crippen LogP contribution in [-0.2, 0) is 16.0 Å². The van der Waals surface area contributed by atoms with Crippen molar-refractivity contribution in [3.8, 4) is 5.75 Å². The van der Waals surface area contributed by atoms with Gasteiger partial charge in [0.05, 0.1) is 12.8 Å². The average Bonchev–Trinajstić information content (AvgIpc) is 3.39. The van der Waals surface area contributed by atoms with Crippen LogP contribution in [0.3, 0.4) is 0 Å². The number of benzene rings is 2. The molecule has 12 nitrogen and oxygen atoms in total. The number of nitrogens with zero attached hydrogens (tertiary/aromatic N) is 4. The van der Waals surface area contributed by atoms with Crippen molar-refractivity contribution in [1.82, 2.24) is 20.1 Å². The first-order valence-electron chi connectivity index (χ1n) is 12.1. The van der Waals surface area contributed by atoms with E-state index in [1.165, 1.54) is 0 Å². The molecule has 0 radical (unpaired) electrons. The molecule has 234 valence electrons. The summed E-state index contributed by atoms with van der Waals surface area (Å²) in [5.41, 5.74) is 2.18. The Morgan fingerprint density at radius 1 is 0.884 bits per heavy atom. The molecule has 2 amide bonds. The largest absolute Gasteiger partial charge is 0.495 e. The maximum absolute atomic E-state index is 12.6. The van der Waals surface area contributed by atoms with E-state index in [4.69, 9.17) is 24.5 Å². The van der Waals surface area contributed by atoms with Gasteiger partial charge in [-0.1, -0.05) is 42.5 Å². The lowest BCUT2D eigenvalue weighted by Crippen LogP contribution is -2.50. The van der Waals surface area contributed by atoms with E-state index in [0.717, 1.165) is 30.1 Å². The van der Waals surface area contributed by atoms with Gasteiger partial charge in [0.25, 0.3) is 0 Å². The number of aromatic nitrogens is 3. The molecular weight excluding hydrogens is 594 g/mol. The third-order valence-corrected chi connectivity index (χ3v) is 5.44. The number of urea groups is 1. The van der Waals surface area contributed by atoms with Crippen LogP contribution >= 0.6 is 0 Å². The highest BCUT2D eigenvalue weighted by molar-refractivity contribution is 5.87. The minimum atomic E-state index is -5.08. The fourth-order valence-electron chi connectivity index (χ4n) is 3.44. The van der Waals surface area contributed by atoms with E-state index in [-0.39, 0.29) is 6.03 Å². The van der Waals surface area contributed by atoms with Crippen LogP contribution in [0.5, 0.6) is 5.75 Å². The van der Waals surface area contributed by atoms with E-state index < -0.39 is 24.3 Å². The number of halogens is 6. The molecule has 3 aromatic rings. The van der Waals surface area contributed by atoms with E-state index >= 15 is 0 Å². The fourth-order valence-corrected chi connectivity index (χ4v) is 3.44. The summed E-state index contributed by atoms with van der Waals surface area (Å²) < 4.78 is 68.9. The molecule has 1 aliphatic rings. The Morgan fingerprint density at radius 3 is 1.91 bits per heavy atom. The van der Waals surface area contributed by atoms with Gasteiger partial charge in [-0.05, 0) is 17.7 Å². The number of carbonyl (C=O) groups excluding carboxylic acids is 1. The summed E-state index contributed by atoms with van der Waals surface area (Å²) >= 11 is 0. The van der Waals surface area contributed by atoms with Crippen LogP contribution in [0.15, 0.2) is 54.6 Å². The number of carboxylic acids is 2. The van der Waals surface area contributed by atoms with Crippen molar-refractivity contribution in [2.24, 2.45) is 0 Å². The Hall–Kier alpha value is -5.03. The predicted molar refractivity (Wildman–Crippen MR) is 139 cm³/mol. The highest BCUT2D eigenvalue weighted by Crippen LogP contribution is 2.28. The van der Waals surface area contributed by atoms with Crippen molar-refractivity contribution in [3.63, 3.8) is 0 Å². The molecule has 1 saturated heterocycles. The summed E-state index contributed by atoms with van der Waals surface area (Å²) in [5, 5.41) is 24.0. The Morgan fingerprint density at radius 2 is 1.40 bits per heavy atom. The Balaban J connectivity index is 0.000000384. The molecule has 0 unspecified atom stereocenters. The minimum Gasteiger partial charge on any atom is -0.495 e. The zero-order chi connectivity index (χ0) is 32.2. The number of aromatic amines is 1. The van der Waals surface area contributed by atoms with Crippen molar-refractivity contribution < 1.29 is 55.7 Å². The normalized spacial score (nSPS) is 13.1. The number of hydrogen-bond acceptors (Lipinski definition) is 7. The van der Waals surface area contributed by atoms with Crippen LogP contribution in [0, 0.1) is 0 Å². The van der Waals surface area contributed by atoms with Crippen LogP contribution in [0.1, 0.15) is 11.4 Å². The molecule has 0 aliphatic carbocycles. The Labute approximate surface area is 239 Å². The van der Waals surface area contributed by atoms with Gasteiger partial charge in [-0.15, -0.1) is 5.10 Å². The van der Waals surface area contributed by atoms with Crippen LogP contribution in [0.25, 0.3) is 0 Å². The highest BCUT2D eigenvalue weighted by atomic mass is 19.4. The molecule has 43 heavy (non-hydrogen) atoms. The molecule has 4 rings (SSSR count). The summed E-state index contributed by atoms with van der Waals surface area (Å²) in [6, 6.07) is 17.8. The zero-order valence-corrected chi connectivity index (χ0v) is 22.3. The summed E-state index contributed by atoms with van der Waals surface area (Å²) in [6.45, 7) is 2.71. The van der Waals surface area contributed by atoms with E-state index in [9.17, 15) is 31.1 Å². The second-order valence-corrected chi connectivity index (χ2v) is 8.45. The van der Waals surface area contributed by atoms with Crippen LogP contribution in [-0.4, -0.2) is 93.9 Å². The summed E-state index contributed by atoms with van der Waals surface area (Å²) in [4.78, 5) is 38.8. The standard InChI is InChI=1S/C21H24N6O2.2C2HF3O2/c1-29-18-10-6-5-9-17(18)26-11-13-27(14-12-26)21(28)23-20-22-19(24-25-20)15-16-7-3-2-4-8-16;2*3-2(4,5)1(6)7/h2-10H,11-15H2,1H3,(H2,22,23,24,25,28);2*(H,6,7). The van der Waals surface area contributed by atoms with Gasteiger partial charge in [0, 0.05) is 32.6 Å². The third kappa shape index (κ3) is 11.4. The molecule has 2 heterocycles. The molecule has 2 aromatic carbocycles. The number of anilines is 2. The molecule has 18 heteroatoms. The van der Waals surface area contributed by atoms with Crippen molar-refractivity contribution in [3.05, 3.63) is 66.0 Å². The first-order chi connectivity index (χ1) is 20.1. The first-order valence-corrected chi connectivity index (χ1v) is 12.1. The average molecular weight is 621 g/mol. The molecule has 4 N–H and O–H groups in total. The Kier molecular flexibility index (Phi) is 12.1. The summed E-state index contributed by atoms with van der Waals surface area (Å²) in [5.74, 6) is -3.65. The maximum Gasteiger partial charge on any atom is 0.490 e. The predicted octanol–water partition coefficient (Wildman–Crippen LogP) is 4.02. The van der Waals surface area contributed by atoms with Gasteiger partial charge in [0.1, 0.15) is 11.6 Å². The second kappa shape index (κ2) is 15.3. The van der Waals surface area contributed by atoms with E-state index in [0.29, 0.717) is 31.3 Å². The number of piperazine rings is 1. The third-order valence-electron chi connectivity index (χ3n) is 5.44. The number of ether oxygens (including phenoxy) is 1. The number of carboxylic acid groups (broad SMARTS) is 2. The topological polar surface area (TPSA) is 161 Å². The summed E-state index contributed by atoms with van der Waals surface area (Å²) in [7, 11) is 1.67. The van der Waals surface area contributed by atoms with Gasteiger partial charge in [-0.2, -0.15) is 31.3 Å². The van der Waals surface area contributed by atoms with Crippen LogP contribution in [0.4, 0.5) is 42.8 Å². The van der Waals surface area contributed by atoms with Gasteiger partial charge in [0.15, 0.2) is 0 Å². The molecule has 0 saturated carbocycles. The minimum absolute atomic E-state index is 0.185. The van der Waals surface area contributed by atoms with Crippen molar-refractivity contribution in [2.45, 2.75) is 18.8 Å². The number of carbonyl (C=O) groups is 3. The van der Waals surface area contributed by atoms with Crippen molar-refractivity contribution in [1.29, 1.82) is 0 Å². The van der Waals surface area contributed by atoms with Gasteiger partial charge in [-0.25, -0.2) is 14.4 Å².